The molecule has 5 nitrogen and oxygen atoms in total. The van der Waals surface area contributed by atoms with E-state index in [0.717, 1.165) is 0 Å². The Morgan fingerprint density at radius 1 is 0.667 bits per heavy atom. The summed E-state index contributed by atoms with van der Waals surface area (Å²) in [6.07, 6.45) is 0. The molecule has 0 spiro atoms. The number of benzene rings is 3. The van der Waals surface area contributed by atoms with Crippen LogP contribution in [0, 0.1) is 0 Å². The molecule has 0 unspecified atom stereocenters. The Balaban J connectivity index is 2.16. The molecule has 3 rings (SSSR count). The van der Waals surface area contributed by atoms with Crippen LogP contribution in [-0.2, 0) is 26.6 Å². The Bertz CT molecular complexity index is 1130. The van der Waals surface area contributed by atoms with Crippen LogP contribution in [0.15, 0.2) is 99.2 Å². The van der Waals surface area contributed by atoms with E-state index in [2.05, 4.69) is 15.9 Å². The highest BCUT2D eigenvalue weighted by molar-refractivity contribution is 9.10. The number of hydrogen-bond donors (Lipinski definition) is 0. The lowest BCUT2D eigenvalue weighted by atomic mass is 10.2. The Labute approximate surface area is 167 Å². The highest BCUT2D eigenvalue weighted by Crippen LogP contribution is 2.27. The average Bonchev–Trinajstić information content (AvgIpc) is 2.67. The number of halogens is 1. The van der Waals surface area contributed by atoms with Crippen molar-refractivity contribution in [2.45, 2.75) is 16.3 Å². The molecule has 0 radical (unpaired) electrons. The topological polar surface area (TPSA) is 71.5 Å². The number of rotatable bonds is 6. The van der Waals surface area contributed by atoms with E-state index < -0.39 is 20.0 Å². The van der Waals surface area contributed by atoms with Crippen molar-refractivity contribution >= 4 is 36.0 Å². The monoisotopic (exact) mass is 465 g/mol. The fraction of sp³-hybridized carbons (Fsp3) is 0.0526. The van der Waals surface area contributed by atoms with Crippen LogP contribution in [0.1, 0.15) is 5.56 Å². The van der Waals surface area contributed by atoms with Gasteiger partial charge >= 0.3 is 0 Å². The molecule has 8 heteroatoms. The molecule has 0 heterocycles. The third kappa shape index (κ3) is 4.30. The third-order valence-electron chi connectivity index (χ3n) is 3.83. The van der Waals surface area contributed by atoms with E-state index in [1.165, 1.54) is 24.3 Å². The first-order chi connectivity index (χ1) is 12.8. The van der Waals surface area contributed by atoms with E-state index in [0.29, 0.717) is 13.7 Å². The number of nitrogens with zero attached hydrogens (tertiary/aromatic N) is 1. The van der Waals surface area contributed by atoms with Crippen LogP contribution >= 0.6 is 15.9 Å². The van der Waals surface area contributed by atoms with Crippen molar-refractivity contribution in [2.24, 2.45) is 0 Å². The molecule has 0 saturated heterocycles. The van der Waals surface area contributed by atoms with Crippen LogP contribution in [0.5, 0.6) is 0 Å². The maximum absolute atomic E-state index is 13.2. The normalized spacial score (nSPS) is 12.2. The lowest BCUT2D eigenvalue weighted by molar-refractivity contribution is 0.494. The summed E-state index contributed by atoms with van der Waals surface area (Å²) in [5.74, 6) is 0. The Hall–Kier alpha value is -2.00. The predicted octanol–water partition coefficient (Wildman–Crippen LogP) is 4.03. The third-order valence-corrected chi connectivity index (χ3v) is 8.54. The van der Waals surface area contributed by atoms with Crippen molar-refractivity contribution in [3.63, 3.8) is 0 Å². The molecule has 0 aliphatic heterocycles. The molecule has 0 aliphatic rings. The zero-order valence-corrected chi connectivity index (χ0v) is 17.3. The highest BCUT2D eigenvalue weighted by atomic mass is 79.9. The van der Waals surface area contributed by atoms with Gasteiger partial charge in [0, 0.05) is 4.47 Å². The summed E-state index contributed by atoms with van der Waals surface area (Å²) < 4.78 is 53.9. The lowest BCUT2D eigenvalue weighted by Crippen LogP contribution is -2.36. The van der Waals surface area contributed by atoms with E-state index >= 15 is 0 Å². The summed E-state index contributed by atoms with van der Waals surface area (Å²) in [5.41, 5.74) is 0.565. The van der Waals surface area contributed by atoms with Gasteiger partial charge in [-0.2, -0.15) is 0 Å². The molecule has 0 N–H and O–H groups in total. The van der Waals surface area contributed by atoms with Crippen LogP contribution in [0.2, 0.25) is 0 Å². The van der Waals surface area contributed by atoms with E-state index in [9.17, 15) is 16.8 Å². The molecule has 0 atom stereocenters. The first-order valence-electron chi connectivity index (χ1n) is 7.94. The van der Waals surface area contributed by atoms with Gasteiger partial charge in [0.15, 0.2) is 0 Å². The molecule has 0 amide bonds. The lowest BCUT2D eigenvalue weighted by Gasteiger charge is -2.22. The van der Waals surface area contributed by atoms with Crippen molar-refractivity contribution < 1.29 is 16.8 Å². The van der Waals surface area contributed by atoms with E-state index in [1.807, 2.05) is 0 Å². The molecule has 0 aliphatic carbocycles. The highest BCUT2D eigenvalue weighted by Gasteiger charge is 2.36. The van der Waals surface area contributed by atoms with Gasteiger partial charge in [0.25, 0.3) is 20.0 Å². The fourth-order valence-electron chi connectivity index (χ4n) is 2.49. The summed E-state index contributed by atoms with van der Waals surface area (Å²) in [4.78, 5) is -0.188. The van der Waals surface area contributed by atoms with Gasteiger partial charge in [-0.1, -0.05) is 74.2 Å². The Morgan fingerprint density at radius 3 is 1.78 bits per heavy atom. The molecular formula is C19H16BrNO4S2. The molecule has 3 aromatic carbocycles. The van der Waals surface area contributed by atoms with Gasteiger partial charge in [-0.3, -0.25) is 0 Å². The minimum Gasteiger partial charge on any atom is -0.206 e. The largest absolute Gasteiger partial charge is 0.256 e. The molecular weight excluding hydrogens is 450 g/mol. The summed E-state index contributed by atoms with van der Waals surface area (Å²) in [7, 11) is -8.60. The minimum atomic E-state index is -4.31. The van der Waals surface area contributed by atoms with E-state index in [-0.39, 0.29) is 16.3 Å². The van der Waals surface area contributed by atoms with E-state index in [1.54, 1.807) is 60.7 Å². The van der Waals surface area contributed by atoms with E-state index in [4.69, 9.17) is 0 Å². The van der Waals surface area contributed by atoms with Crippen LogP contribution in [0.4, 0.5) is 0 Å². The first kappa shape index (κ1) is 19.8. The van der Waals surface area contributed by atoms with Crippen molar-refractivity contribution in [3.05, 3.63) is 95.0 Å². The molecule has 3 aromatic rings. The summed E-state index contributed by atoms with van der Waals surface area (Å²) in [6, 6.07) is 22.1. The van der Waals surface area contributed by atoms with Crippen LogP contribution < -0.4 is 0 Å². The summed E-state index contributed by atoms with van der Waals surface area (Å²) in [6.45, 7) is -0.299. The minimum absolute atomic E-state index is 0.0838. The molecule has 0 bridgehead atoms. The molecule has 0 aromatic heterocycles. The van der Waals surface area contributed by atoms with Gasteiger partial charge in [0.05, 0.1) is 16.3 Å². The first-order valence-corrected chi connectivity index (χ1v) is 11.6. The molecule has 27 heavy (non-hydrogen) atoms. The van der Waals surface area contributed by atoms with Crippen molar-refractivity contribution in [1.82, 2.24) is 3.71 Å². The SMILES string of the molecule is O=S(=O)(c1ccccc1)N(Cc1ccccc1)S(=O)(=O)c1cccc(Br)c1. The standard InChI is InChI=1S/C19H16BrNO4S2/c20-17-10-7-13-19(14-17)27(24,25)21(15-16-8-3-1-4-9-16)26(22,23)18-11-5-2-6-12-18/h1-14H,15H2. The second-order valence-corrected chi connectivity index (χ2v) is 10.6. The van der Waals surface area contributed by atoms with Crippen molar-refractivity contribution in [3.8, 4) is 0 Å². The fourth-order valence-corrected chi connectivity index (χ4v) is 6.72. The predicted molar refractivity (Wildman–Crippen MR) is 107 cm³/mol. The van der Waals surface area contributed by atoms with Crippen LogP contribution in [-0.4, -0.2) is 20.5 Å². The van der Waals surface area contributed by atoms with Gasteiger partial charge in [0.1, 0.15) is 0 Å². The summed E-state index contributed by atoms with van der Waals surface area (Å²) >= 11 is 3.23. The zero-order chi connectivity index (χ0) is 19.5. The average molecular weight is 466 g/mol. The Morgan fingerprint density at radius 2 is 1.19 bits per heavy atom. The van der Waals surface area contributed by atoms with Crippen LogP contribution in [0.25, 0.3) is 0 Å². The smallest absolute Gasteiger partial charge is 0.206 e. The van der Waals surface area contributed by atoms with Gasteiger partial charge < -0.3 is 0 Å². The quantitative estimate of drug-likeness (QED) is 0.550. The summed E-state index contributed by atoms with van der Waals surface area (Å²) in [5, 5.41) is 0. The molecule has 0 saturated carbocycles. The van der Waals surface area contributed by atoms with Gasteiger partial charge in [-0.15, -0.1) is 0 Å². The number of sulfonamides is 2. The van der Waals surface area contributed by atoms with Gasteiger partial charge in [0.2, 0.25) is 0 Å². The van der Waals surface area contributed by atoms with Crippen molar-refractivity contribution in [1.29, 1.82) is 0 Å². The molecule has 0 fully saturated rings. The van der Waals surface area contributed by atoms with Gasteiger partial charge in [-0.05, 0) is 35.9 Å². The Kier molecular flexibility index (Phi) is 5.81. The maximum atomic E-state index is 13.2. The number of hydrogen-bond acceptors (Lipinski definition) is 4. The van der Waals surface area contributed by atoms with Gasteiger partial charge in [-0.25, -0.2) is 16.8 Å². The molecule has 140 valence electrons. The van der Waals surface area contributed by atoms with Crippen molar-refractivity contribution in [2.75, 3.05) is 0 Å². The second kappa shape index (κ2) is 7.93. The maximum Gasteiger partial charge on any atom is 0.256 e. The second-order valence-electron chi connectivity index (χ2n) is 5.70. The van der Waals surface area contributed by atoms with Crippen LogP contribution in [0.3, 0.4) is 0 Å². The zero-order valence-electron chi connectivity index (χ0n) is 14.1.